The van der Waals surface area contributed by atoms with Gasteiger partial charge < -0.3 is 0 Å². The lowest BCUT2D eigenvalue weighted by Gasteiger charge is -2.03. The molecule has 0 aliphatic heterocycles. The fraction of sp³-hybridized carbons (Fsp3) is 0.273. The van der Waals surface area contributed by atoms with E-state index < -0.39 is 0 Å². The lowest BCUT2D eigenvalue weighted by Crippen LogP contribution is -1.95. The zero-order chi connectivity index (χ0) is 10.8. The molecule has 1 aromatic carbocycles. The molecule has 1 aromatic heterocycles. The molecule has 15 heavy (non-hydrogen) atoms. The molecule has 0 atom stereocenters. The molecule has 0 unspecified atom stereocenters. The van der Waals surface area contributed by atoms with E-state index in [2.05, 4.69) is 16.9 Å². The molecular formula is C11H10Cl2N2. The number of rotatable bonds is 2. The van der Waals surface area contributed by atoms with E-state index in [1.807, 2.05) is 12.1 Å². The largest absolute Gasteiger partial charge is 0.233 e. The molecular weight excluding hydrogens is 231 g/mol. The summed E-state index contributed by atoms with van der Waals surface area (Å²) in [5.41, 5.74) is 0.811. The molecule has 0 bridgehead atoms. The maximum Gasteiger partial charge on any atom is 0.140 e. The van der Waals surface area contributed by atoms with Crippen molar-refractivity contribution in [2.75, 3.05) is 0 Å². The number of benzene rings is 1. The summed E-state index contributed by atoms with van der Waals surface area (Å²) in [5.74, 6) is 0.775. The minimum atomic E-state index is 0.500. The van der Waals surface area contributed by atoms with Crippen LogP contribution >= 0.6 is 23.2 Å². The maximum atomic E-state index is 6.06. The Morgan fingerprint density at radius 3 is 2.73 bits per heavy atom. The molecule has 2 nitrogen and oxygen atoms in total. The molecule has 0 saturated heterocycles. The third-order valence-corrected chi connectivity index (χ3v) is 2.66. The Balaban J connectivity index is 2.63. The van der Waals surface area contributed by atoms with Gasteiger partial charge in [0.2, 0.25) is 0 Å². The molecule has 0 radical (unpaired) electrons. The summed E-state index contributed by atoms with van der Waals surface area (Å²) in [7, 11) is 0. The predicted molar refractivity (Wildman–Crippen MR) is 63.6 cm³/mol. The summed E-state index contributed by atoms with van der Waals surface area (Å²) in [5, 5.41) is 2.01. The van der Waals surface area contributed by atoms with E-state index in [1.54, 1.807) is 6.07 Å². The number of nitrogens with zero attached hydrogens (tertiary/aromatic N) is 2. The summed E-state index contributed by atoms with van der Waals surface area (Å²) >= 11 is 12.0. The highest BCUT2D eigenvalue weighted by Crippen LogP contribution is 2.23. The van der Waals surface area contributed by atoms with E-state index in [9.17, 15) is 0 Å². The summed E-state index contributed by atoms with van der Waals surface area (Å²) in [6.07, 6.45) is 1.84. The van der Waals surface area contributed by atoms with Gasteiger partial charge >= 0.3 is 0 Å². The first-order chi connectivity index (χ1) is 7.20. The van der Waals surface area contributed by atoms with Gasteiger partial charge in [0.25, 0.3) is 0 Å². The van der Waals surface area contributed by atoms with Gasteiger partial charge in [0.05, 0.1) is 5.52 Å². The van der Waals surface area contributed by atoms with Gasteiger partial charge in [-0.05, 0) is 24.6 Å². The fourth-order valence-electron chi connectivity index (χ4n) is 1.44. The summed E-state index contributed by atoms with van der Waals surface area (Å²) < 4.78 is 0. The Bertz CT molecular complexity index is 497. The molecule has 0 N–H and O–H groups in total. The van der Waals surface area contributed by atoms with Crippen LogP contribution in [0.4, 0.5) is 0 Å². The van der Waals surface area contributed by atoms with Crippen molar-refractivity contribution < 1.29 is 0 Å². The quantitative estimate of drug-likeness (QED) is 0.745. The van der Waals surface area contributed by atoms with Gasteiger partial charge in [-0.15, -0.1) is 0 Å². The normalized spacial score (nSPS) is 10.9. The van der Waals surface area contributed by atoms with Crippen LogP contribution < -0.4 is 0 Å². The van der Waals surface area contributed by atoms with Gasteiger partial charge in [-0.2, -0.15) is 0 Å². The lowest BCUT2D eigenvalue weighted by molar-refractivity contribution is 0.844. The molecule has 78 valence electrons. The average molecular weight is 241 g/mol. The zero-order valence-corrected chi connectivity index (χ0v) is 9.81. The molecule has 1 heterocycles. The average Bonchev–Trinajstić information content (AvgIpc) is 2.17. The summed E-state index contributed by atoms with van der Waals surface area (Å²) in [4.78, 5) is 8.64. The Morgan fingerprint density at radius 1 is 1.20 bits per heavy atom. The van der Waals surface area contributed by atoms with Crippen molar-refractivity contribution in [3.63, 3.8) is 0 Å². The second kappa shape index (κ2) is 4.33. The third kappa shape index (κ3) is 2.21. The van der Waals surface area contributed by atoms with Crippen molar-refractivity contribution in [2.24, 2.45) is 0 Å². The van der Waals surface area contributed by atoms with Crippen LogP contribution in [0.2, 0.25) is 10.2 Å². The van der Waals surface area contributed by atoms with Gasteiger partial charge in [-0.1, -0.05) is 30.1 Å². The number of hydrogen-bond acceptors (Lipinski definition) is 2. The first kappa shape index (κ1) is 10.7. The molecule has 2 rings (SSSR count). The summed E-state index contributed by atoms with van der Waals surface area (Å²) in [6.45, 7) is 2.08. The molecule has 0 spiro atoms. The molecule has 0 amide bonds. The molecule has 0 saturated carbocycles. The second-order valence-electron chi connectivity index (χ2n) is 3.34. The van der Waals surface area contributed by atoms with Gasteiger partial charge in [-0.25, -0.2) is 9.97 Å². The second-order valence-corrected chi connectivity index (χ2v) is 4.14. The highest BCUT2D eigenvalue weighted by molar-refractivity contribution is 6.35. The minimum absolute atomic E-state index is 0.500. The fourth-order valence-corrected chi connectivity index (χ4v) is 1.87. The van der Waals surface area contributed by atoms with Gasteiger partial charge in [0, 0.05) is 16.8 Å². The van der Waals surface area contributed by atoms with Gasteiger partial charge in [-0.3, -0.25) is 0 Å². The maximum absolute atomic E-state index is 6.06. The van der Waals surface area contributed by atoms with Crippen LogP contribution in [0.5, 0.6) is 0 Å². The topological polar surface area (TPSA) is 25.8 Å². The van der Waals surface area contributed by atoms with E-state index in [4.69, 9.17) is 23.2 Å². The van der Waals surface area contributed by atoms with E-state index in [-0.39, 0.29) is 0 Å². The smallest absolute Gasteiger partial charge is 0.140 e. The minimum Gasteiger partial charge on any atom is -0.233 e. The zero-order valence-electron chi connectivity index (χ0n) is 8.30. The number of hydrogen-bond donors (Lipinski definition) is 0. The number of halogens is 2. The van der Waals surface area contributed by atoms with Crippen molar-refractivity contribution >= 4 is 34.1 Å². The van der Waals surface area contributed by atoms with E-state index >= 15 is 0 Å². The van der Waals surface area contributed by atoms with Crippen LogP contribution in [0.25, 0.3) is 10.9 Å². The van der Waals surface area contributed by atoms with Gasteiger partial charge in [0.1, 0.15) is 11.0 Å². The van der Waals surface area contributed by atoms with E-state index in [0.717, 1.165) is 29.6 Å². The molecule has 0 fully saturated rings. The number of aryl methyl sites for hydroxylation is 1. The van der Waals surface area contributed by atoms with Crippen LogP contribution in [-0.4, -0.2) is 9.97 Å². The molecule has 2 aromatic rings. The highest BCUT2D eigenvalue weighted by Gasteiger charge is 2.05. The van der Waals surface area contributed by atoms with Crippen molar-refractivity contribution in [1.82, 2.24) is 9.97 Å². The lowest BCUT2D eigenvalue weighted by atomic mass is 10.2. The Morgan fingerprint density at radius 2 is 2.00 bits per heavy atom. The Hall–Kier alpha value is -0.860. The van der Waals surface area contributed by atoms with Crippen molar-refractivity contribution in [3.8, 4) is 0 Å². The standard InChI is InChI=1S/C11H10Cl2N2/c1-2-3-10-14-9-6-7(12)4-5-8(9)11(13)15-10/h4-6H,2-3H2,1H3. The third-order valence-electron chi connectivity index (χ3n) is 2.13. The first-order valence-electron chi connectivity index (χ1n) is 4.82. The van der Waals surface area contributed by atoms with Crippen LogP contribution in [0.15, 0.2) is 18.2 Å². The van der Waals surface area contributed by atoms with Crippen LogP contribution in [0.3, 0.4) is 0 Å². The van der Waals surface area contributed by atoms with Crippen molar-refractivity contribution in [3.05, 3.63) is 34.2 Å². The highest BCUT2D eigenvalue weighted by atomic mass is 35.5. The van der Waals surface area contributed by atoms with Crippen LogP contribution in [-0.2, 0) is 6.42 Å². The number of aromatic nitrogens is 2. The molecule has 0 aliphatic carbocycles. The van der Waals surface area contributed by atoms with Crippen LogP contribution in [0, 0.1) is 0 Å². The van der Waals surface area contributed by atoms with Crippen molar-refractivity contribution in [2.45, 2.75) is 19.8 Å². The van der Waals surface area contributed by atoms with Crippen LogP contribution in [0.1, 0.15) is 19.2 Å². The number of fused-ring (bicyclic) bond motifs is 1. The molecule has 4 heteroatoms. The Kier molecular flexibility index (Phi) is 3.08. The predicted octanol–water partition coefficient (Wildman–Crippen LogP) is 3.89. The van der Waals surface area contributed by atoms with E-state index in [1.165, 1.54) is 0 Å². The monoisotopic (exact) mass is 240 g/mol. The first-order valence-corrected chi connectivity index (χ1v) is 5.58. The Labute approximate surface area is 98.3 Å². The van der Waals surface area contributed by atoms with Crippen molar-refractivity contribution in [1.29, 1.82) is 0 Å². The molecule has 0 aliphatic rings. The van der Waals surface area contributed by atoms with E-state index in [0.29, 0.717) is 10.2 Å². The SMILES string of the molecule is CCCc1nc(Cl)c2ccc(Cl)cc2n1. The van der Waals surface area contributed by atoms with Gasteiger partial charge in [0.15, 0.2) is 0 Å². The summed E-state index contributed by atoms with van der Waals surface area (Å²) in [6, 6.07) is 5.44.